The van der Waals surface area contributed by atoms with Crippen LogP contribution in [0.4, 0.5) is 0 Å². The van der Waals surface area contributed by atoms with Crippen LogP contribution in [-0.4, -0.2) is 40.1 Å². The molecule has 2 aliphatic rings. The van der Waals surface area contributed by atoms with E-state index in [-0.39, 0.29) is 24.6 Å². The number of aliphatic hydroxyl groups excluding tert-OH is 1. The summed E-state index contributed by atoms with van der Waals surface area (Å²) in [7, 11) is 0. The van der Waals surface area contributed by atoms with Gasteiger partial charge in [-0.25, -0.2) is 5.43 Å². The van der Waals surface area contributed by atoms with E-state index in [4.69, 9.17) is 5.11 Å². The number of nitrogens with one attached hydrogen (secondary N) is 1. The number of hydrogen-bond donors (Lipinski definition) is 2. The van der Waals surface area contributed by atoms with Gasteiger partial charge in [0.05, 0.1) is 12.1 Å². The summed E-state index contributed by atoms with van der Waals surface area (Å²) < 4.78 is 0. The highest BCUT2D eigenvalue weighted by atomic mass is 16.3. The number of aliphatic hydroxyl groups is 1. The number of aryl methyl sites for hydroxylation is 1. The van der Waals surface area contributed by atoms with Crippen LogP contribution in [0.1, 0.15) is 35.2 Å². The molecule has 2 N–H and O–H groups in total. The fourth-order valence-electron chi connectivity index (χ4n) is 3.92. The predicted octanol–water partition coefficient (Wildman–Crippen LogP) is 2.71. The Morgan fingerprint density at radius 3 is 2.43 bits per heavy atom. The number of carbonyl (C=O) groups excluding carboxylic acids is 1. The second kappa shape index (κ2) is 7.78. The molecule has 4 rings (SSSR count). The topological polar surface area (TPSA) is 55.8 Å². The van der Waals surface area contributed by atoms with Crippen LogP contribution >= 0.6 is 0 Å². The third kappa shape index (κ3) is 3.68. The summed E-state index contributed by atoms with van der Waals surface area (Å²) in [6.45, 7) is 5.65. The normalized spacial score (nSPS) is 21.7. The van der Waals surface area contributed by atoms with Crippen molar-refractivity contribution in [3.63, 3.8) is 0 Å². The van der Waals surface area contributed by atoms with Crippen LogP contribution in [0.25, 0.3) is 0 Å². The SMILES string of the molecule is Cc1ccc(C2C=C3C(=O)N(Cc4ccc(CCO)cc4)CC(C)N3N2)cc1. The molecule has 0 radical (unpaired) electrons. The average Bonchev–Trinajstić information content (AvgIpc) is 3.14. The van der Waals surface area contributed by atoms with Crippen molar-refractivity contribution in [1.29, 1.82) is 0 Å². The van der Waals surface area contributed by atoms with E-state index in [1.807, 2.05) is 40.3 Å². The molecule has 0 saturated carbocycles. The molecule has 0 spiro atoms. The number of piperazine rings is 1. The van der Waals surface area contributed by atoms with Crippen LogP contribution in [0, 0.1) is 6.92 Å². The van der Waals surface area contributed by atoms with E-state index in [9.17, 15) is 4.79 Å². The summed E-state index contributed by atoms with van der Waals surface area (Å²) in [6.07, 6.45) is 2.70. The zero-order valence-corrected chi connectivity index (χ0v) is 16.4. The third-order valence-corrected chi connectivity index (χ3v) is 5.53. The molecule has 5 heteroatoms. The lowest BCUT2D eigenvalue weighted by Gasteiger charge is -2.40. The highest BCUT2D eigenvalue weighted by Crippen LogP contribution is 2.31. The van der Waals surface area contributed by atoms with Gasteiger partial charge in [0.25, 0.3) is 5.91 Å². The highest BCUT2D eigenvalue weighted by Gasteiger charge is 2.38. The number of carbonyl (C=O) groups is 1. The Hall–Kier alpha value is -2.63. The number of fused-ring (bicyclic) bond motifs is 1. The lowest BCUT2D eigenvalue weighted by atomic mass is 10.0. The molecule has 2 unspecified atom stereocenters. The summed E-state index contributed by atoms with van der Waals surface area (Å²) in [5.74, 6) is 0.0691. The molecule has 5 nitrogen and oxygen atoms in total. The maximum Gasteiger partial charge on any atom is 0.271 e. The average molecular weight is 377 g/mol. The summed E-state index contributed by atoms with van der Waals surface area (Å²) in [5, 5.41) is 11.1. The number of hydrazine groups is 1. The van der Waals surface area contributed by atoms with Crippen LogP contribution < -0.4 is 5.43 Å². The van der Waals surface area contributed by atoms with Gasteiger partial charge in [-0.1, -0.05) is 54.1 Å². The first kappa shape index (κ1) is 18.7. The second-order valence-electron chi connectivity index (χ2n) is 7.76. The molecular weight excluding hydrogens is 350 g/mol. The smallest absolute Gasteiger partial charge is 0.271 e. The third-order valence-electron chi connectivity index (χ3n) is 5.53. The minimum absolute atomic E-state index is 0.0275. The van der Waals surface area contributed by atoms with E-state index >= 15 is 0 Å². The van der Waals surface area contributed by atoms with Crippen LogP contribution in [0.15, 0.2) is 60.3 Å². The molecular formula is C23H27N3O2. The van der Waals surface area contributed by atoms with Crippen LogP contribution in [0.2, 0.25) is 0 Å². The maximum absolute atomic E-state index is 13.1. The lowest BCUT2D eigenvalue weighted by Crippen LogP contribution is -2.55. The predicted molar refractivity (Wildman–Crippen MR) is 109 cm³/mol. The molecule has 0 aliphatic carbocycles. The van der Waals surface area contributed by atoms with Crippen molar-refractivity contribution in [2.45, 2.75) is 38.9 Å². The fraction of sp³-hybridized carbons (Fsp3) is 0.348. The van der Waals surface area contributed by atoms with E-state index in [0.717, 1.165) is 16.8 Å². The summed E-state index contributed by atoms with van der Waals surface area (Å²) in [6, 6.07) is 16.8. The minimum Gasteiger partial charge on any atom is -0.396 e. The van der Waals surface area contributed by atoms with Crippen molar-refractivity contribution >= 4 is 5.91 Å². The molecule has 2 heterocycles. The molecule has 1 amide bonds. The van der Waals surface area contributed by atoms with Gasteiger partial charge in [0.1, 0.15) is 5.70 Å². The van der Waals surface area contributed by atoms with Gasteiger partial charge in [0.2, 0.25) is 0 Å². The first-order valence-electron chi connectivity index (χ1n) is 9.87. The number of hydrogen-bond acceptors (Lipinski definition) is 4. The molecule has 2 aromatic carbocycles. The molecule has 2 aromatic rings. The van der Waals surface area contributed by atoms with Gasteiger partial charge in [0, 0.05) is 19.7 Å². The van der Waals surface area contributed by atoms with Gasteiger partial charge in [-0.2, -0.15) is 0 Å². The lowest BCUT2D eigenvalue weighted by molar-refractivity contribution is -0.134. The van der Waals surface area contributed by atoms with E-state index in [1.54, 1.807) is 0 Å². The van der Waals surface area contributed by atoms with Crippen molar-refractivity contribution in [3.8, 4) is 0 Å². The van der Waals surface area contributed by atoms with Crippen LogP contribution in [0.3, 0.4) is 0 Å². The fourth-order valence-corrected chi connectivity index (χ4v) is 3.92. The van der Waals surface area contributed by atoms with Crippen molar-refractivity contribution in [2.75, 3.05) is 13.2 Å². The van der Waals surface area contributed by atoms with Gasteiger partial charge in [-0.3, -0.25) is 9.80 Å². The minimum atomic E-state index is 0.0275. The molecule has 1 saturated heterocycles. The van der Waals surface area contributed by atoms with E-state index in [2.05, 4.69) is 43.5 Å². The Balaban J connectivity index is 1.50. The Labute approximate surface area is 166 Å². The van der Waals surface area contributed by atoms with Gasteiger partial charge >= 0.3 is 0 Å². The molecule has 0 bridgehead atoms. The second-order valence-corrected chi connectivity index (χ2v) is 7.76. The van der Waals surface area contributed by atoms with Gasteiger partial charge in [0.15, 0.2) is 0 Å². The zero-order chi connectivity index (χ0) is 19.7. The highest BCUT2D eigenvalue weighted by molar-refractivity contribution is 5.94. The summed E-state index contributed by atoms with van der Waals surface area (Å²) in [4.78, 5) is 15.0. The number of rotatable bonds is 5. The van der Waals surface area contributed by atoms with Crippen LogP contribution in [0.5, 0.6) is 0 Å². The van der Waals surface area contributed by atoms with Crippen LogP contribution in [-0.2, 0) is 17.8 Å². The molecule has 28 heavy (non-hydrogen) atoms. The summed E-state index contributed by atoms with van der Waals surface area (Å²) >= 11 is 0. The van der Waals surface area contributed by atoms with Gasteiger partial charge in [-0.05, 0) is 43.0 Å². The van der Waals surface area contributed by atoms with Gasteiger partial charge < -0.3 is 10.0 Å². The van der Waals surface area contributed by atoms with Crippen molar-refractivity contribution < 1.29 is 9.90 Å². The van der Waals surface area contributed by atoms with Crippen molar-refractivity contribution in [3.05, 3.63) is 82.6 Å². The Morgan fingerprint density at radius 2 is 1.75 bits per heavy atom. The monoisotopic (exact) mass is 377 g/mol. The molecule has 2 aliphatic heterocycles. The molecule has 0 aromatic heterocycles. The number of benzene rings is 2. The maximum atomic E-state index is 13.1. The van der Waals surface area contributed by atoms with E-state index in [1.165, 1.54) is 11.1 Å². The van der Waals surface area contributed by atoms with Gasteiger partial charge in [-0.15, -0.1) is 0 Å². The molecule has 2 atom stereocenters. The Kier molecular flexibility index (Phi) is 5.20. The Bertz CT molecular complexity index is 874. The number of amides is 1. The molecule has 146 valence electrons. The van der Waals surface area contributed by atoms with Crippen molar-refractivity contribution in [1.82, 2.24) is 15.3 Å². The zero-order valence-electron chi connectivity index (χ0n) is 16.4. The Morgan fingerprint density at radius 1 is 1.07 bits per heavy atom. The first-order valence-corrected chi connectivity index (χ1v) is 9.87. The molecule has 1 fully saturated rings. The summed E-state index contributed by atoms with van der Waals surface area (Å²) in [5.41, 5.74) is 8.84. The largest absolute Gasteiger partial charge is 0.396 e. The quantitative estimate of drug-likeness (QED) is 0.841. The van der Waals surface area contributed by atoms with E-state index in [0.29, 0.717) is 19.5 Å². The number of nitrogens with zero attached hydrogens (tertiary/aromatic N) is 2. The standard InChI is InChI=1S/C23H27N3O2/c1-16-3-9-20(10-4-16)21-13-22-23(28)25(14-17(2)26(22)24-21)15-19-7-5-18(6-8-19)11-12-27/h3-10,13,17,21,24,27H,11-12,14-15H2,1-2H3. The van der Waals surface area contributed by atoms with E-state index < -0.39 is 0 Å². The first-order chi connectivity index (χ1) is 13.5. The van der Waals surface area contributed by atoms with Crippen molar-refractivity contribution in [2.24, 2.45) is 0 Å².